The molecule has 0 saturated carbocycles. The third kappa shape index (κ3) is 2.40. The van der Waals surface area contributed by atoms with E-state index < -0.39 is 54.7 Å². The second-order valence-electron chi connectivity index (χ2n) is 3.20. The van der Waals surface area contributed by atoms with E-state index in [1.807, 2.05) is 0 Å². The van der Waals surface area contributed by atoms with E-state index in [-0.39, 0.29) is 12.1 Å². The molecule has 2 nitrogen and oxygen atoms in total. The van der Waals surface area contributed by atoms with Crippen LogP contribution < -0.4 is 5.73 Å². The van der Waals surface area contributed by atoms with Crippen LogP contribution in [0.3, 0.4) is 0 Å². The molecule has 1 rings (SSSR count). The number of alkyl halides is 3. The zero-order valence-corrected chi connectivity index (χ0v) is 7.81. The Labute approximate surface area is 105 Å². The van der Waals surface area contributed by atoms with E-state index in [1.165, 1.54) is 0 Å². The van der Waals surface area contributed by atoms with E-state index in [1.54, 1.807) is 0 Å². The average Bonchev–Trinajstić information content (AvgIpc) is 2.24. The molecule has 0 bridgehead atoms. The second kappa shape index (κ2) is 3.57. The minimum atomic E-state index is -5.13. The molecule has 0 heterocycles. The summed E-state index contributed by atoms with van der Waals surface area (Å²) in [7, 11) is 0. The topological polar surface area (TPSA) is 46.2 Å². The van der Waals surface area contributed by atoms with Crippen LogP contribution in [-0.4, -0.2) is 5.11 Å². The molecule has 1 aromatic carbocycles. The summed E-state index contributed by atoms with van der Waals surface area (Å²) < 4.78 is 106. The second-order valence-corrected chi connectivity index (χ2v) is 3.20. The van der Waals surface area contributed by atoms with Crippen LogP contribution >= 0.6 is 0 Å². The van der Waals surface area contributed by atoms with Crippen molar-refractivity contribution in [2.24, 2.45) is 0 Å². The molecule has 5 heteroatoms. The molecule has 0 radical (unpaired) electrons. The molecule has 0 fully saturated rings. The first-order valence-electron chi connectivity index (χ1n) is 8.48. The van der Waals surface area contributed by atoms with E-state index in [0.717, 1.165) is 0 Å². The predicted octanol–water partition coefficient (Wildman–Crippen LogP) is 3.29. The van der Waals surface area contributed by atoms with Crippen LogP contribution in [0.5, 0.6) is 5.75 Å². The van der Waals surface area contributed by atoms with Crippen molar-refractivity contribution in [1.29, 1.82) is 0 Å². The number of rotatable bonds is 0. The average molecular weight is 242 g/mol. The van der Waals surface area contributed by atoms with Crippen LogP contribution in [-0.2, 0) is 11.6 Å². The van der Waals surface area contributed by atoms with Crippen LogP contribution in [0.25, 0.3) is 0 Å². The Morgan fingerprint density at radius 2 is 1.75 bits per heavy atom. The normalized spacial score (nSPS) is 23.6. The van der Waals surface area contributed by atoms with Gasteiger partial charge >= 0.3 is 6.18 Å². The minimum Gasteiger partial charge on any atom is -0.508 e. The number of anilines is 1. The van der Waals surface area contributed by atoms with E-state index in [4.69, 9.17) is 18.1 Å². The van der Waals surface area contributed by atoms with Gasteiger partial charge in [0.25, 0.3) is 0 Å². The van der Waals surface area contributed by atoms with Gasteiger partial charge in [0.2, 0.25) is 0 Å². The van der Waals surface area contributed by atoms with Gasteiger partial charge in [0.1, 0.15) is 5.75 Å². The lowest BCUT2D eigenvalue weighted by Gasteiger charge is -2.22. The van der Waals surface area contributed by atoms with E-state index in [2.05, 4.69) is 0 Å². The molecular formula is C11H14F3NO. The molecule has 0 aromatic heterocycles. The van der Waals surface area contributed by atoms with Crippen molar-refractivity contribution in [3.8, 4) is 5.75 Å². The van der Waals surface area contributed by atoms with Gasteiger partial charge in [0, 0.05) is 24.1 Å². The number of hydrogen-bond acceptors (Lipinski definition) is 2. The third-order valence-electron chi connectivity index (χ3n) is 1.88. The van der Waals surface area contributed by atoms with Crippen LogP contribution in [0.15, 0.2) is 12.1 Å². The Bertz CT molecular complexity index is 625. The zero-order valence-electron chi connectivity index (χ0n) is 16.8. The highest BCUT2D eigenvalue weighted by atomic mass is 19.4. The van der Waals surface area contributed by atoms with Crippen LogP contribution in [0, 0.1) is 0 Å². The number of halogens is 3. The van der Waals surface area contributed by atoms with Gasteiger partial charge in [-0.2, -0.15) is 13.2 Å². The first-order valence-corrected chi connectivity index (χ1v) is 3.98. The number of nitrogens with two attached hydrogens (primary N) is 1. The number of nitrogen functional groups attached to an aromatic ring is 1. The van der Waals surface area contributed by atoms with Crippen molar-refractivity contribution in [2.75, 3.05) is 5.73 Å². The fraction of sp³-hybridized carbons (Fsp3) is 0.455. The molecule has 16 heavy (non-hydrogen) atoms. The Kier molecular flexibility index (Phi) is 1.08. The smallest absolute Gasteiger partial charge is 0.418 e. The molecule has 3 N–H and O–H groups in total. The van der Waals surface area contributed by atoms with Crippen molar-refractivity contribution in [3.63, 3.8) is 0 Å². The maximum atomic E-state index is 13.1. The first-order chi connectivity index (χ1) is 10.8. The fourth-order valence-electron chi connectivity index (χ4n) is 1.15. The standard InChI is InChI=1S/C11H14F3NO/c1-10(2,3)7-4-6(11(12,13)14)8(15)5-9(7)16/h4-5,16H,15H2,1-3H3/i1D3,2D3,3D3. The van der Waals surface area contributed by atoms with Crippen LogP contribution in [0.4, 0.5) is 18.9 Å². The summed E-state index contributed by atoms with van der Waals surface area (Å²) in [6.07, 6.45) is -5.13. The van der Waals surface area contributed by atoms with Gasteiger partial charge in [0.15, 0.2) is 0 Å². The van der Waals surface area contributed by atoms with Crippen molar-refractivity contribution in [2.45, 2.75) is 32.1 Å². The molecule has 0 unspecified atom stereocenters. The minimum absolute atomic E-state index is 0.0320. The van der Waals surface area contributed by atoms with Gasteiger partial charge in [-0.1, -0.05) is 20.6 Å². The van der Waals surface area contributed by atoms with Crippen LogP contribution in [0.2, 0.25) is 0 Å². The predicted molar refractivity (Wildman–Crippen MR) is 56.2 cm³/mol. The summed E-state index contributed by atoms with van der Waals surface area (Å²) in [5.74, 6) is -1.27. The lowest BCUT2D eigenvalue weighted by molar-refractivity contribution is -0.137. The Hall–Kier alpha value is -1.39. The number of benzene rings is 1. The highest BCUT2D eigenvalue weighted by Crippen LogP contribution is 2.40. The van der Waals surface area contributed by atoms with Gasteiger partial charge in [-0.3, -0.25) is 0 Å². The summed E-state index contributed by atoms with van der Waals surface area (Å²) in [5.41, 5.74) is -2.67. The fourth-order valence-corrected chi connectivity index (χ4v) is 1.15. The largest absolute Gasteiger partial charge is 0.508 e. The lowest BCUT2D eigenvalue weighted by atomic mass is 9.85. The third-order valence-corrected chi connectivity index (χ3v) is 1.88. The van der Waals surface area contributed by atoms with Crippen molar-refractivity contribution >= 4 is 5.69 Å². The van der Waals surface area contributed by atoms with E-state index >= 15 is 0 Å². The van der Waals surface area contributed by atoms with Crippen molar-refractivity contribution in [1.82, 2.24) is 0 Å². The molecule has 0 atom stereocenters. The van der Waals surface area contributed by atoms with Crippen LogP contribution in [0.1, 0.15) is 44.0 Å². The maximum Gasteiger partial charge on any atom is 0.418 e. The van der Waals surface area contributed by atoms with Crippen molar-refractivity contribution < 1.29 is 30.6 Å². The van der Waals surface area contributed by atoms with Gasteiger partial charge in [-0.05, 0) is 17.0 Å². The monoisotopic (exact) mass is 242 g/mol. The first kappa shape index (κ1) is 4.85. The highest BCUT2D eigenvalue weighted by molar-refractivity contribution is 5.57. The van der Waals surface area contributed by atoms with Gasteiger partial charge in [-0.15, -0.1) is 0 Å². The number of phenolic OH excluding ortho intramolecular Hbond substituents is 1. The number of hydrogen-bond donors (Lipinski definition) is 2. The molecule has 0 aliphatic rings. The Balaban J connectivity index is 4.11. The SMILES string of the molecule is [2H]C([2H])([2H])C(c1cc(C(F)(F)F)c(N)cc1O)(C([2H])([2H])[2H])C([2H])([2H])[2H]. The number of aromatic hydroxyl groups is 1. The van der Waals surface area contributed by atoms with Gasteiger partial charge in [0.05, 0.1) is 5.56 Å². The molecule has 0 spiro atoms. The number of phenols is 1. The molecule has 90 valence electrons. The molecule has 0 aliphatic heterocycles. The quantitative estimate of drug-likeness (QED) is 0.686. The van der Waals surface area contributed by atoms with Gasteiger partial charge in [-0.25, -0.2) is 0 Å². The van der Waals surface area contributed by atoms with E-state index in [9.17, 15) is 18.3 Å². The summed E-state index contributed by atoms with van der Waals surface area (Å²) in [5, 5.41) is 9.91. The molecule has 0 saturated heterocycles. The molecule has 0 amide bonds. The van der Waals surface area contributed by atoms with Gasteiger partial charge < -0.3 is 10.8 Å². The lowest BCUT2D eigenvalue weighted by Crippen LogP contribution is -2.15. The molecule has 0 aliphatic carbocycles. The molecule has 1 aromatic rings. The summed E-state index contributed by atoms with van der Waals surface area (Å²) in [4.78, 5) is 0. The molecular weight excluding hydrogens is 219 g/mol. The summed E-state index contributed by atoms with van der Waals surface area (Å²) in [6, 6.07) is 0.256. The Morgan fingerprint density at radius 3 is 2.19 bits per heavy atom. The summed E-state index contributed by atoms with van der Waals surface area (Å²) in [6.45, 7) is -11.4. The van der Waals surface area contributed by atoms with Crippen molar-refractivity contribution in [3.05, 3.63) is 23.3 Å². The highest BCUT2D eigenvalue weighted by Gasteiger charge is 2.35. The summed E-state index contributed by atoms with van der Waals surface area (Å²) >= 11 is 0. The van der Waals surface area contributed by atoms with E-state index in [0.29, 0.717) is 0 Å². The maximum absolute atomic E-state index is 13.1. The zero-order chi connectivity index (χ0) is 20.2. The Morgan fingerprint density at radius 1 is 1.19 bits per heavy atom.